The first-order valence-corrected chi connectivity index (χ1v) is 10.9. The summed E-state index contributed by atoms with van der Waals surface area (Å²) in [4.78, 5) is 15.2. The SMILES string of the molecule is Cc1cccc2cc(CN(C(=O)NCc3ccccc3)C3CCCC3)c3nnnn3c12. The average Bonchev–Trinajstić information content (AvgIpc) is 3.49. The van der Waals surface area contributed by atoms with E-state index in [2.05, 4.69) is 46.0 Å². The van der Waals surface area contributed by atoms with Gasteiger partial charge in [-0.25, -0.2) is 4.79 Å². The van der Waals surface area contributed by atoms with Crippen LogP contribution in [0.5, 0.6) is 0 Å². The van der Waals surface area contributed by atoms with E-state index in [1.807, 2.05) is 41.3 Å². The zero-order valence-corrected chi connectivity index (χ0v) is 17.7. The predicted molar refractivity (Wildman–Crippen MR) is 120 cm³/mol. The molecule has 0 unspecified atom stereocenters. The summed E-state index contributed by atoms with van der Waals surface area (Å²) in [6.45, 7) is 3.06. The zero-order chi connectivity index (χ0) is 21.2. The summed E-state index contributed by atoms with van der Waals surface area (Å²) < 4.78 is 1.80. The topological polar surface area (TPSA) is 75.4 Å². The van der Waals surface area contributed by atoms with Gasteiger partial charge in [0.25, 0.3) is 0 Å². The van der Waals surface area contributed by atoms with E-state index in [0.29, 0.717) is 18.7 Å². The molecule has 2 aromatic carbocycles. The van der Waals surface area contributed by atoms with Crippen molar-refractivity contribution in [2.75, 3.05) is 0 Å². The Kier molecular flexibility index (Phi) is 5.24. The van der Waals surface area contributed by atoms with Gasteiger partial charge in [0, 0.05) is 23.5 Å². The molecule has 7 heteroatoms. The van der Waals surface area contributed by atoms with E-state index in [4.69, 9.17) is 0 Å². The number of pyridine rings is 1. The van der Waals surface area contributed by atoms with Crippen molar-refractivity contribution >= 4 is 22.6 Å². The molecule has 0 aliphatic heterocycles. The van der Waals surface area contributed by atoms with Gasteiger partial charge in [-0.1, -0.05) is 61.4 Å². The summed E-state index contributed by atoms with van der Waals surface area (Å²) in [6, 6.07) is 18.5. The Morgan fingerprint density at radius 3 is 2.74 bits per heavy atom. The third kappa shape index (κ3) is 3.83. The smallest absolute Gasteiger partial charge is 0.318 e. The molecule has 1 saturated carbocycles. The van der Waals surface area contributed by atoms with E-state index in [-0.39, 0.29) is 12.1 Å². The molecule has 2 amide bonds. The standard InChI is InChI=1S/C24H26N6O/c1-17-8-7-11-19-14-20(23-26-27-28-30(23)22(17)19)16-29(21-12-5-6-13-21)24(31)25-15-18-9-3-2-4-10-18/h2-4,7-11,14,21H,5-6,12-13,15-16H2,1H3,(H,25,31). The molecule has 0 atom stereocenters. The van der Waals surface area contributed by atoms with Crippen LogP contribution < -0.4 is 5.32 Å². The number of tetrazole rings is 1. The molecule has 1 N–H and O–H groups in total. The molecule has 2 heterocycles. The summed E-state index contributed by atoms with van der Waals surface area (Å²) >= 11 is 0. The van der Waals surface area contributed by atoms with Crippen LogP contribution in [-0.2, 0) is 13.1 Å². The summed E-state index contributed by atoms with van der Waals surface area (Å²) in [6.07, 6.45) is 4.39. The third-order valence-electron chi connectivity index (χ3n) is 6.22. The minimum absolute atomic E-state index is 0.0364. The number of carbonyl (C=O) groups excluding carboxylic acids is 1. The number of carbonyl (C=O) groups is 1. The molecule has 31 heavy (non-hydrogen) atoms. The predicted octanol–water partition coefficient (Wildman–Crippen LogP) is 4.24. The number of fused-ring (bicyclic) bond motifs is 3. The van der Waals surface area contributed by atoms with E-state index in [9.17, 15) is 4.79 Å². The second kappa shape index (κ2) is 8.34. The Bertz CT molecular complexity index is 1210. The second-order valence-corrected chi connectivity index (χ2v) is 8.31. The Morgan fingerprint density at radius 2 is 1.94 bits per heavy atom. The minimum Gasteiger partial charge on any atom is -0.334 e. The van der Waals surface area contributed by atoms with Crippen molar-refractivity contribution < 1.29 is 4.79 Å². The Labute approximate surface area is 181 Å². The van der Waals surface area contributed by atoms with Crippen LogP contribution >= 0.6 is 0 Å². The maximum atomic E-state index is 13.3. The molecule has 0 radical (unpaired) electrons. The number of amides is 2. The lowest BCUT2D eigenvalue weighted by atomic mass is 10.1. The van der Waals surface area contributed by atoms with Crippen molar-refractivity contribution in [3.63, 3.8) is 0 Å². The fourth-order valence-corrected chi connectivity index (χ4v) is 4.64. The van der Waals surface area contributed by atoms with E-state index in [1.54, 1.807) is 4.52 Å². The van der Waals surface area contributed by atoms with Gasteiger partial charge in [0.15, 0.2) is 5.65 Å². The third-order valence-corrected chi connectivity index (χ3v) is 6.22. The molecule has 0 bridgehead atoms. The minimum atomic E-state index is -0.0364. The molecule has 1 aliphatic carbocycles. The molecule has 1 aliphatic rings. The van der Waals surface area contributed by atoms with Crippen LogP contribution in [0.15, 0.2) is 54.6 Å². The lowest BCUT2D eigenvalue weighted by Gasteiger charge is -2.29. The molecule has 0 spiro atoms. The second-order valence-electron chi connectivity index (χ2n) is 8.31. The largest absolute Gasteiger partial charge is 0.334 e. The molecule has 0 saturated heterocycles. The van der Waals surface area contributed by atoms with E-state index < -0.39 is 0 Å². The molecule has 4 aromatic rings. The monoisotopic (exact) mass is 414 g/mol. The number of rotatable bonds is 5. The van der Waals surface area contributed by atoms with Crippen molar-refractivity contribution in [2.24, 2.45) is 0 Å². The number of aromatic nitrogens is 4. The molecular formula is C24H26N6O. The number of nitrogens with zero attached hydrogens (tertiary/aromatic N) is 5. The van der Waals surface area contributed by atoms with Crippen LogP contribution in [0, 0.1) is 6.92 Å². The summed E-state index contributed by atoms with van der Waals surface area (Å²) in [7, 11) is 0. The first-order valence-electron chi connectivity index (χ1n) is 10.9. The highest BCUT2D eigenvalue weighted by Gasteiger charge is 2.28. The van der Waals surface area contributed by atoms with Gasteiger partial charge in [-0.2, -0.15) is 4.52 Å². The van der Waals surface area contributed by atoms with Gasteiger partial charge >= 0.3 is 6.03 Å². The maximum absolute atomic E-state index is 13.3. The van der Waals surface area contributed by atoms with E-state index >= 15 is 0 Å². The van der Waals surface area contributed by atoms with Crippen molar-refractivity contribution in [1.82, 2.24) is 30.3 Å². The van der Waals surface area contributed by atoms with Gasteiger partial charge in [0.05, 0.1) is 12.1 Å². The average molecular weight is 415 g/mol. The van der Waals surface area contributed by atoms with Gasteiger partial charge in [-0.3, -0.25) is 0 Å². The maximum Gasteiger partial charge on any atom is 0.318 e. The van der Waals surface area contributed by atoms with Crippen molar-refractivity contribution in [2.45, 2.75) is 51.7 Å². The van der Waals surface area contributed by atoms with Crippen molar-refractivity contribution in [3.8, 4) is 0 Å². The van der Waals surface area contributed by atoms with Gasteiger partial charge in [-0.15, -0.1) is 5.10 Å². The lowest BCUT2D eigenvalue weighted by molar-refractivity contribution is 0.171. The number of para-hydroxylation sites is 1. The van der Waals surface area contributed by atoms with Crippen LogP contribution in [0.1, 0.15) is 42.4 Å². The highest BCUT2D eigenvalue weighted by Crippen LogP contribution is 2.28. The van der Waals surface area contributed by atoms with E-state index in [1.165, 1.54) is 0 Å². The van der Waals surface area contributed by atoms with Crippen LogP contribution in [0.2, 0.25) is 0 Å². The van der Waals surface area contributed by atoms with Crippen LogP contribution in [0.4, 0.5) is 4.79 Å². The number of hydrogen-bond donors (Lipinski definition) is 1. The molecule has 5 rings (SSSR count). The summed E-state index contributed by atoms with van der Waals surface area (Å²) in [5.41, 5.74) is 4.89. The Hall–Kier alpha value is -3.48. The number of aryl methyl sites for hydroxylation is 1. The van der Waals surface area contributed by atoms with Gasteiger partial charge in [0.1, 0.15) is 0 Å². The number of nitrogens with one attached hydrogen (secondary N) is 1. The quantitative estimate of drug-likeness (QED) is 0.530. The van der Waals surface area contributed by atoms with Gasteiger partial charge in [-0.05, 0) is 47.4 Å². The van der Waals surface area contributed by atoms with Crippen molar-refractivity contribution in [3.05, 3.63) is 71.3 Å². The van der Waals surface area contributed by atoms with Crippen LogP contribution in [0.3, 0.4) is 0 Å². The molecule has 158 valence electrons. The first-order chi connectivity index (χ1) is 15.2. The number of hydrogen-bond acceptors (Lipinski definition) is 4. The Morgan fingerprint density at radius 1 is 1.13 bits per heavy atom. The summed E-state index contributed by atoms with van der Waals surface area (Å²) in [5, 5.41) is 16.6. The number of urea groups is 1. The van der Waals surface area contributed by atoms with Crippen LogP contribution in [-0.4, -0.2) is 37.0 Å². The highest BCUT2D eigenvalue weighted by atomic mass is 16.2. The highest BCUT2D eigenvalue weighted by molar-refractivity contribution is 5.86. The van der Waals surface area contributed by atoms with Crippen LogP contribution in [0.25, 0.3) is 16.6 Å². The fourth-order valence-electron chi connectivity index (χ4n) is 4.64. The zero-order valence-electron chi connectivity index (χ0n) is 17.7. The lowest BCUT2D eigenvalue weighted by Crippen LogP contribution is -2.44. The molecule has 7 nitrogen and oxygen atoms in total. The normalized spacial score (nSPS) is 14.4. The first kappa shape index (κ1) is 19.5. The van der Waals surface area contributed by atoms with E-state index in [0.717, 1.165) is 53.3 Å². The molecule has 2 aromatic heterocycles. The molecular weight excluding hydrogens is 388 g/mol. The summed E-state index contributed by atoms with van der Waals surface area (Å²) in [5.74, 6) is 0. The molecule has 1 fully saturated rings. The number of benzene rings is 2. The van der Waals surface area contributed by atoms with Gasteiger partial charge in [0.2, 0.25) is 0 Å². The Balaban J connectivity index is 1.47. The van der Waals surface area contributed by atoms with Crippen molar-refractivity contribution in [1.29, 1.82) is 0 Å². The fraction of sp³-hybridized carbons (Fsp3) is 0.333. The van der Waals surface area contributed by atoms with Gasteiger partial charge < -0.3 is 10.2 Å².